The Morgan fingerprint density at radius 2 is 1.87 bits per heavy atom. The summed E-state index contributed by atoms with van der Waals surface area (Å²) >= 11 is 1.20. The van der Waals surface area contributed by atoms with Crippen LogP contribution in [0.5, 0.6) is 5.75 Å². The van der Waals surface area contributed by atoms with E-state index in [9.17, 15) is 27.2 Å². The molecule has 2 aromatic heterocycles. The van der Waals surface area contributed by atoms with E-state index in [-0.39, 0.29) is 23.6 Å². The number of fused-ring (bicyclic) bond motifs is 2. The summed E-state index contributed by atoms with van der Waals surface area (Å²) in [4.78, 5) is 29.9. The van der Waals surface area contributed by atoms with E-state index in [0.717, 1.165) is 28.3 Å². The fraction of sp³-hybridized carbons (Fsp3) is 0.250. The van der Waals surface area contributed by atoms with Crippen molar-refractivity contribution in [2.75, 3.05) is 13.2 Å². The fourth-order valence-corrected chi connectivity index (χ4v) is 5.77. The van der Waals surface area contributed by atoms with Gasteiger partial charge in [-0.25, -0.2) is 9.37 Å². The van der Waals surface area contributed by atoms with Gasteiger partial charge >= 0.3 is 6.18 Å². The number of rotatable bonds is 6. The highest BCUT2D eigenvalue weighted by atomic mass is 32.1. The van der Waals surface area contributed by atoms with Crippen LogP contribution in [0.4, 0.5) is 17.6 Å². The Morgan fingerprint density at radius 3 is 2.51 bits per heavy atom. The van der Waals surface area contributed by atoms with Crippen molar-refractivity contribution in [2.24, 2.45) is 5.73 Å². The number of carbonyl (C=O) groups excluding carboxylic acids is 2. The van der Waals surface area contributed by atoms with Crippen LogP contribution in [-0.4, -0.2) is 36.1 Å². The molecular formula is C28H23F4N3O3S. The molecular weight excluding hydrogens is 534 g/mol. The van der Waals surface area contributed by atoms with Gasteiger partial charge in [-0.05, 0) is 61.2 Å². The molecule has 2 atom stereocenters. The quantitative estimate of drug-likeness (QED) is 0.301. The minimum Gasteiger partial charge on any atom is -0.489 e. The molecule has 2 amide bonds. The first kappa shape index (κ1) is 26.6. The monoisotopic (exact) mass is 557 g/mol. The van der Waals surface area contributed by atoms with Gasteiger partial charge in [0.15, 0.2) is 0 Å². The predicted octanol–water partition coefficient (Wildman–Crippen LogP) is 5.62. The van der Waals surface area contributed by atoms with E-state index in [4.69, 9.17) is 10.5 Å². The lowest BCUT2D eigenvalue weighted by Crippen LogP contribution is -2.40. The molecule has 0 spiro atoms. The third kappa shape index (κ3) is 4.71. The molecule has 0 aliphatic carbocycles. The number of pyridine rings is 1. The molecule has 2 aromatic carbocycles. The number of primary amides is 1. The Kier molecular flexibility index (Phi) is 6.58. The van der Waals surface area contributed by atoms with Crippen LogP contribution in [0.25, 0.3) is 21.3 Å². The molecule has 1 aliphatic heterocycles. The smallest absolute Gasteiger partial charge is 0.398 e. The average molecular weight is 558 g/mol. The van der Waals surface area contributed by atoms with E-state index in [1.54, 1.807) is 6.92 Å². The fourth-order valence-electron chi connectivity index (χ4n) is 4.64. The summed E-state index contributed by atoms with van der Waals surface area (Å²) in [6, 6.07) is 13.5. The van der Waals surface area contributed by atoms with Crippen molar-refractivity contribution in [1.29, 1.82) is 0 Å². The zero-order valence-electron chi connectivity index (χ0n) is 20.9. The number of nitrogens with one attached hydrogen (secondary N) is 1. The molecule has 3 heterocycles. The normalized spacial score (nSPS) is 17.5. The lowest BCUT2D eigenvalue weighted by molar-refractivity contribution is -0.149. The van der Waals surface area contributed by atoms with E-state index in [0.29, 0.717) is 16.0 Å². The molecule has 0 saturated carbocycles. The number of ether oxygens (including phenoxy) is 1. The summed E-state index contributed by atoms with van der Waals surface area (Å²) in [5, 5.41) is 3.28. The highest BCUT2D eigenvalue weighted by Crippen LogP contribution is 2.46. The first-order valence-corrected chi connectivity index (χ1v) is 12.8. The van der Waals surface area contributed by atoms with Crippen LogP contribution >= 0.6 is 11.3 Å². The van der Waals surface area contributed by atoms with E-state index >= 15 is 0 Å². The standard InChI is InChI=1S/C28H23F4N3O3S/c1-14-17-5-3-4-6-21(17)39-24(14)25(36)34-12-19(28(30,31)32)20-11-18-23(38-13-27(18,2)26(33)37)22(35-20)15-7-9-16(29)10-8-15/h3-11,19H,12-13H2,1-2H3,(H2,33,37)(H,34,36)/t19-,27+/m1/s1. The van der Waals surface area contributed by atoms with Crippen molar-refractivity contribution in [3.05, 3.63) is 82.1 Å². The van der Waals surface area contributed by atoms with Crippen LogP contribution in [0.3, 0.4) is 0 Å². The van der Waals surface area contributed by atoms with E-state index in [1.807, 2.05) is 24.3 Å². The largest absolute Gasteiger partial charge is 0.489 e. The van der Waals surface area contributed by atoms with Gasteiger partial charge < -0.3 is 15.8 Å². The molecule has 0 fully saturated rings. The minimum atomic E-state index is -4.80. The maximum Gasteiger partial charge on any atom is 0.398 e. The number of benzene rings is 2. The van der Waals surface area contributed by atoms with Gasteiger partial charge in [0, 0.05) is 22.4 Å². The van der Waals surface area contributed by atoms with Gasteiger partial charge in [-0.3, -0.25) is 9.59 Å². The van der Waals surface area contributed by atoms with Crippen LogP contribution in [0.1, 0.15) is 39.3 Å². The molecule has 6 nitrogen and oxygen atoms in total. The second-order valence-corrected chi connectivity index (χ2v) is 10.7. The SMILES string of the molecule is Cc1c(C(=O)NC[C@H](c2cc3c(c(-c4ccc(F)cc4)n2)OC[C@]3(C)C(N)=O)C(F)(F)F)sc2ccccc12. The summed E-state index contributed by atoms with van der Waals surface area (Å²) < 4.78 is 63.4. The molecule has 0 saturated heterocycles. The van der Waals surface area contributed by atoms with Crippen molar-refractivity contribution in [3.8, 4) is 17.0 Å². The van der Waals surface area contributed by atoms with Crippen LogP contribution in [0.15, 0.2) is 54.6 Å². The maximum atomic E-state index is 14.4. The molecule has 202 valence electrons. The highest BCUT2D eigenvalue weighted by Gasteiger charge is 2.47. The number of hydrogen-bond donors (Lipinski definition) is 2. The number of alkyl halides is 3. The Hall–Kier alpha value is -3.99. The lowest BCUT2D eigenvalue weighted by Gasteiger charge is -2.24. The zero-order chi connectivity index (χ0) is 28.1. The van der Waals surface area contributed by atoms with Crippen LogP contribution < -0.4 is 15.8 Å². The van der Waals surface area contributed by atoms with Gasteiger partial charge in [-0.2, -0.15) is 13.2 Å². The van der Waals surface area contributed by atoms with Gasteiger partial charge in [-0.1, -0.05) is 18.2 Å². The second-order valence-electron chi connectivity index (χ2n) is 9.62. The van der Waals surface area contributed by atoms with Gasteiger partial charge in [0.25, 0.3) is 5.91 Å². The molecule has 3 N–H and O–H groups in total. The number of nitrogens with two attached hydrogens (primary N) is 1. The van der Waals surface area contributed by atoms with Crippen LogP contribution in [0.2, 0.25) is 0 Å². The highest BCUT2D eigenvalue weighted by molar-refractivity contribution is 7.21. The number of aromatic nitrogens is 1. The number of carbonyl (C=O) groups is 2. The molecule has 4 aromatic rings. The molecule has 0 radical (unpaired) electrons. The number of hydrogen-bond acceptors (Lipinski definition) is 5. The Bertz CT molecular complexity index is 1600. The third-order valence-corrected chi connectivity index (χ3v) is 8.29. The number of aryl methyl sites for hydroxylation is 1. The van der Waals surface area contributed by atoms with Gasteiger partial charge in [0.1, 0.15) is 35.2 Å². The zero-order valence-corrected chi connectivity index (χ0v) is 21.7. The molecule has 0 bridgehead atoms. The Labute approximate surface area is 224 Å². The number of thiophene rings is 1. The van der Waals surface area contributed by atoms with Crippen molar-refractivity contribution >= 4 is 33.2 Å². The number of amides is 2. The molecule has 39 heavy (non-hydrogen) atoms. The van der Waals surface area contributed by atoms with Crippen molar-refractivity contribution in [3.63, 3.8) is 0 Å². The first-order valence-electron chi connectivity index (χ1n) is 12.0. The van der Waals surface area contributed by atoms with Crippen LogP contribution in [0, 0.1) is 12.7 Å². The van der Waals surface area contributed by atoms with Crippen molar-refractivity contribution in [2.45, 2.75) is 31.4 Å². The summed E-state index contributed by atoms with van der Waals surface area (Å²) in [6.45, 7) is 2.25. The average Bonchev–Trinajstić information content (AvgIpc) is 3.41. The summed E-state index contributed by atoms with van der Waals surface area (Å²) in [5.41, 5.74) is 4.93. The van der Waals surface area contributed by atoms with E-state index in [1.165, 1.54) is 30.4 Å². The topological polar surface area (TPSA) is 94.3 Å². The third-order valence-electron chi connectivity index (χ3n) is 7.02. The Balaban J connectivity index is 1.56. The summed E-state index contributed by atoms with van der Waals surface area (Å²) in [7, 11) is 0. The Morgan fingerprint density at radius 1 is 1.18 bits per heavy atom. The van der Waals surface area contributed by atoms with Gasteiger partial charge in [0.2, 0.25) is 5.91 Å². The van der Waals surface area contributed by atoms with Gasteiger partial charge in [0.05, 0.1) is 10.6 Å². The molecule has 11 heteroatoms. The molecule has 1 aliphatic rings. The summed E-state index contributed by atoms with van der Waals surface area (Å²) in [5.74, 6) is -4.05. The van der Waals surface area contributed by atoms with E-state index < -0.39 is 47.4 Å². The summed E-state index contributed by atoms with van der Waals surface area (Å²) in [6.07, 6.45) is -4.80. The number of nitrogens with zero attached hydrogens (tertiary/aromatic N) is 1. The lowest BCUT2D eigenvalue weighted by atomic mass is 9.82. The number of halogens is 4. The van der Waals surface area contributed by atoms with Gasteiger partial charge in [-0.15, -0.1) is 11.3 Å². The molecule has 0 unspecified atom stereocenters. The first-order chi connectivity index (χ1) is 18.4. The van der Waals surface area contributed by atoms with E-state index in [2.05, 4.69) is 10.3 Å². The van der Waals surface area contributed by atoms with Crippen molar-refractivity contribution < 1.29 is 31.9 Å². The second kappa shape index (κ2) is 9.64. The molecule has 5 rings (SSSR count). The minimum absolute atomic E-state index is 0.0217. The van der Waals surface area contributed by atoms with Crippen LogP contribution in [-0.2, 0) is 10.2 Å². The predicted molar refractivity (Wildman–Crippen MR) is 139 cm³/mol. The maximum absolute atomic E-state index is 14.4. The van der Waals surface area contributed by atoms with Crippen molar-refractivity contribution in [1.82, 2.24) is 10.3 Å².